The molecule has 3 fully saturated rings. The summed E-state index contributed by atoms with van der Waals surface area (Å²) in [4.78, 5) is 29.9. The monoisotopic (exact) mass is 894 g/mol. The smallest absolute Gasteiger partial charge is 0.407 e. The Balaban J connectivity index is 1.26. The highest BCUT2D eigenvalue weighted by Crippen LogP contribution is 2.36. The minimum Gasteiger partial charge on any atom is -0.477 e. The zero-order valence-electron chi connectivity index (χ0n) is 32.0. The standard InChI is InChI=1S/C34H50N6O20S/c35-3-4-54-30-27(50)25(48)28(18(9-42)57-30)59-31-26(49)24(47)23(46)19(58-31)11-56-34(32(51)52)6-16(43)21(29(60-34)22(45)17(44)8-41)39-33(53)55-10-14(40-36)7-37-13-1-2-20-15(5-13)38-12-61-20/h1-2,5,7,12,16-19,21-31,36-37,41-50H,3-4,6,8-11,35H2,(H,39,53)(H,51,52)/b14-7-,40-36?/t16-,17-,18?,19?,21?,22-,23?,24?,25?,26?,27?,28?,29?,30?,31?,34-/m1/s1. The third-order valence-corrected chi connectivity index (χ3v) is 10.8. The van der Waals surface area contributed by atoms with Crippen LogP contribution in [0.5, 0.6) is 0 Å². The number of aliphatic hydroxyl groups is 10. The highest BCUT2D eigenvalue weighted by molar-refractivity contribution is 7.16. The molecule has 1 aromatic carbocycles. The van der Waals surface area contributed by atoms with E-state index < -0.39 is 143 Å². The van der Waals surface area contributed by atoms with Gasteiger partial charge in [-0.1, -0.05) is 0 Å². The van der Waals surface area contributed by atoms with E-state index in [1.165, 1.54) is 17.5 Å². The van der Waals surface area contributed by atoms with Gasteiger partial charge in [0.25, 0.3) is 5.79 Å². The van der Waals surface area contributed by atoms with Gasteiger partial charge < -0.3 is 106 Å². The molecule has 0 aliphatic carbocycles. The molecule has 16 N–H and O–H groups in total. The summed E-state index contributed by atoms with van der Waals surface area (Å²) in [5, 5.41) is 124. The fraction of sp³-hybridized carbons (Fsp3) is 0.676. The average molecular weight is 895 g/mol. The molecule has 0 saturated carbocycles. The van der Waals surface area contributed by atoms with Gasteiger partial charge in [-0.2, -0.15) is 5.11 Å². The van der Waals surface area contributed by atoms with Crippen LogP contribution in [0.4, 0.5) is 10.5 Å². The van der Waals surface area contributed by atoms with Gasteiger partial charge in [0.2, 0.25) is 0 Å². The van der Waals surface area contributed by atoms with Gasteiger partial charge in [-0.25, -0.2) is 20.1 Å². The normalized spacial score (nSPS) is 35.6. The molecular formula is C34H50N6O20S. The minimum absolute atomic E-state index is 0.0272. The molecular weight excluding hydrogens is 844 g/mol. The Bertz CT molecular complexity index is 1800. The summed E-state index contributed by atoms with van der Waals surface area (Å²) in [5.74, 6) is -4.91. The molecule has 0 radical (unpaired) electrons. The van der Waals surface area contributed by atoms with Crippen molar-refractivity contribution in [3.8, 4) is 0 Å². The highest BCUT2D eigenvalue weighted by Gasteiger charge is 2.57. The fourth-order valence-electron chi connectivity index (χ4n) is 6.66. The van der Waals surface area contributed by atoms with Gasteiger partial charge in [0, 0.05) is 24.9 Å². The third kappa shape index (κ3) is 11.3. The van der Waals surface area contributed by atoms with E-state index in [1.807, 2.05) is 6.07 Å². The number of aliphatic hydroxyl groups excluding tert-OH is 10. The zero-order chi connectivity index (χ0) is 44.6. The Labute approximate surface area is 349 Å². The quantitative estimate of drug-likeness (QED) is 0.0587. The molecule has 0 spiro atoms. The largest absolute Gasteiger partial charge is 0.477 e. The Kier molecular flexibility index (Phi) is 17.1. The first-order valence-electron chi connectivity index (χ1n) is 18.7. The minimum atomic E-state index is -2.96. The van der Waals surface area contributed by atoms with Crippen molar-refractivity contribution >= 4 is 39.3 Å². The molecule has 27 heteroatoms. The number of aliphatic carboxylic acids is 1. The van der Waals surface area contributed by atoms with Gasteiger partial charge in [-0.15, -0.1) is 11.3 Å². The summed E-state index contributed by atoms with van der Waals surface area (Å²) in [5.41, 5.74) is 15.7. The van der Waals surface area contributed by atoms with Crippen molar-refractivity contribution in [1.82, 2.24) is 10.3 Å². The summed E-state index contributed by atoms with van der Waals surface area (Å²) >= 11 is 1.44. The van der Waals surface area contributed by atoms with Gasteiger partial charge in [0.15, 0.2) is 12.6 Å². The van der Waals surface area contributed by atoms with Gasteiger partial charge in [0.1, 0.15) is 79.4 Å². The van der Waals surface area contributed by atoms with E-state index in [4.69, 9.17) is 44.4 Å². The maximum atomic E-state index is 12.9. The van der Waals surface area contributed by atoms with Crippen LogP contribution in [-0.4, -0.2) is 210 Å². The van der Waals surface area contributed by atoms with Gasteiger partial charge in [-0.3, -0.25) is 0 Å². The topological polar surface area (TPSA) is 420 Å². The Hall–Kier alpha value is -3.69. The van der Waals surface area contributed by atoms with Crippen LogP contribution in [0.2, 0.25) is 0 Å². The number of rotatable bonds is 19. The first kappa shape index (κ1) is 48.3. The molecule has 3 aliphatic rings. The van der Waals surface area contributed by atoms with Gasteiger partial charge in [-0.05, 0) is 18.2 Å². The Morgan fingerprint density at radius 3 is 2.44 bits per heavy atom. The van der Waals surface area contributed by atoms with Crippen LogP contribution < -0.4 is 16.4 Å². The summed E-state index contributed by atoms with van der Waals surface area (Å²) in [6.07, 6.45) is -27.3. The maximum absolute atomic E-state index is 12.9. The van der Waals surface area contributed by atoms with Gasteiger partial charge >= 0.3 is 12.1 Å². The van der Waals surface area contributed by atoms with E-state index in [2.05, 4.69) is 20.7 Å². The number of benzene rings is 1. The van der Waals surface area contributed by atoms with Crippen molar-refractivity contribution in [2.24, 2.45) is 10.8 Å². The van der Waals surface area contributed by atoms with Crippen molar-refractivity contribution in [2.75, 3.05) is 44.9 Å². The van der Waals surface area contributed by atoms with Gasteiger partial charge in [0.05, 0.1) is 54.3 Å². The van der Waals surface area contributed by atoms with Crippen LogP contribution in [0, 0.1) is 5.53 Å². The molecule has 1 amide bonds. The SMILES string of the molecule is N=N/C(=C\Nc1ccc2scnc2c1)COC(=O)NC1C([C@H](O)[C@H](O)CO)O[C@@](OCC2OC(OC3C(CO)OC(OCCN)C(O)C3O)C(O)C(O)C2O)(C(=O)O)C[C@H]1O. The lowest BCUT2D eigenvalue weighted by Gasteiger charge is -2.48. The Morgan fingerprint density at radius 1 is 1.05 bits per heavy atom. The summed E-state index contributed by atoms with van der Waals surface area (Å²) in [6.45, 7) is -3.61. The summed E-state index contributed by atoms with van der Waals surface area (Å²) < 4.78 is 39.1. The number of carbonyl (C=O) groups is 2. The van der Waals surface area contributed by atoms with Crippen molar-refractivity contribution in [3.63, 3.8) is 0 Å². The molecule has 61 heavy (non-hydrogen) atoms. The number of amides is 1. The van der Waals surface area contributed by atoms with E-state index >= 15 is 0 Å². The van der Waals surface area contributed by atoms with Crippen LogP contribution in [0.25, 0.3) is 10.2 Å². The number of alkyl carbamates (subject to hydrolysis) is 1. The number of fused-ring (bicyclic) bond motifs is 1. The summed E-state index contributed by atoms with van der Waals surface area (Å²) in [6, 6.07) is 3.53. The lowest BCUT2D eigenvalue weighted by Crippen LogP contribution is -2.68. The maximum Gasteiger partial charge on any atom is 0.407 e. The Morgan fingerprint density at radius 2 is 1.77 bits per heavy atom. The van der Waals surface area contributed by atoms with E-state index in [0.717, 1.165) is 4.70 Å². The molecule has 16 atom stereocenters. The van der Waals surface area contributed by atoms with Crippen molar-refractivity contribution in [3.05, 3.63) is 35.6 Å². The number of thiazole rings is 1. The molecule has 3 aliphatic heterocycles. The van der Waals surface area contributed by atoms with E-state index in [1.54, 1.807) is 17.6 Å². The van der Waals surface area contributed by atoms with Crippen LogP contribution in [-0.2, 0) is 38.0 Å². The molecule has 3 saturated heterocycles. The number of nitrogens with two attached hydrogens (primary N) is 1. The van der Waals surface area contributed by atoms with Crippen LogP contribution >= 0.6 is 11.3 Å². The number of ether oxygens (including phenoxy) is 7. The first-order chi connectivity index (χ1) is 29.1. The number of hydrogen-bond acceptors (Lipinski definition) is 25. The lowest BCUT2D eigenvalue weighted by molar-refractivity contribution is -0.367. The molecule has 342 valence electrons. The molecule has 1 aromatic heterocycles. The van der Waals surface area contributed by atoms with Crippen molar-refractivity contribution in [2.45, 2.75) is 104 Å². The van der Waals surface area contributed by atoms with Crippen LogP contribution in [0.1, 0.15) is 6.42 Å². The molecule has 5 rings (SSSR count). The molecule has 26 nitrogen and oxygen atoms in total. The first-order valence-corrected chi connectivity index (χ1v) is 19.5. The molecule has 2 aromatic rings. The number of carboxylic acid groups (broad SMARTS) is 1. The number of hydrogen-bond donors (Lipinski definition) is 15. The molecule has 4 heterocycles. The van der Waals surface area contributed by atoms with E-state index in [9.17, 15) is 65.8 Å². The second-order valence-electron chi connectivity index (χ2n) is 14.1. The third-order valence-electron chi connectivity index (χ3n) is 9.99. The lowest BCUT2D eigenvalue weighted by atomic mass is 9.88. The summed E-state index contributed by atoms with van der Waals surface area (Å²) in [7, 11) is 0. The second kappa shape index (κ2) is 21.6. The van der Waals surface area contributed by atoms with Crippen molar-refractivity contribution in [1.29, 1.82) is 5.53 Å². The number of carboxylic acids is 1. The van der Waals surface area contributed by atoms with Crippen LogP contribution in [0.3, 0.4) is 0 Å². The zero-order valence-corrected chi connectivity index (χ0v) is 32.8. The molecule has 0 bridgehead atoms. The molecule has 12 unspecified atom stereocenters. The predicted octanol–water partition coefficient (Wildman–Crippen LogP) is -5.06. The van der Waals surface area contributed by atoms with E-state index in [0.29, 0.717) is 11.2 Å². The second-order valence-corrected chi connectivity index (χ2v) is 15.0. The number of anilines is 1. The van der Waals surface area contributed by atoms with Crippen LogP contribution in [0.15, 0.2) is 40.7 Å². The highest BCUT2D eigenvalue weighted by atomic mass is 32.1. The predicted molar refractivity (Wildman–Crippen MR) is 200 cm³/mol. The number of nitrogens with one attached hydrogen (secondary N) is 3. The fourth-order valence-corrected chi connectivity index (χ4v) is 7.32. The number of carbonyl (C=O) groups excluding carboxylic acids is 1. The number of aromatic nitrogens is 1. The number of nitrogens with zero attached hydrogens (tertiary/aromatic N) is 2. The average Bonchev–Trinajstić information content (AvgIpc) is 3.73. The van der Waals surface area contributed by atoms with E-state index in [-0.39, 0.29) is 18.8 Å². The van der Waals surface area contributed by atoms with Crippen molar-refractivity contribution < 1.29 is 98.9 Å².